The van der Waals surface area contributed by atoms with Gasteiger partial charge in [0.2, 0.25) is 0 Å². The number of likely N-dealkylation sites (tertiary alicyclic amines) is 1. The summed E-state index contributed by atoms with van der Waals surface area (Å²) in [6.07, 6.45) is 1.02. The highest BCUT2D eigenvalue weighted by Gasteiger charge is 2.48. The molecule has 2 aliphatic rings. The molecule has 0 aromatic carbocycles. The zero-order valence-corrected chi connectivity index (χ0v) is 12.4. The summed E-state index contributed by atoms with van der Waals surface area (Å²) in [5.74, 6) is 0.253. The van der Waals surface area contributed by atoms with Crippen LogP contribution < -0.4 is 11.1 Å². The number of amides is 3. The van der Waals surface area contributed by atoms with E-state index in [0.717, 1.165) is 6.42 Å². The topological polar surface area (TPSA) is 97.0 Å². The predicted molar refractivity (Wildman–Crippen MR) is 74.5 cm³/mol. The Morgan fingerprint density at radius 3 is 2.70 bits per heavy atom. The molecule has 0 aromatic rings. The Hall–Kier alpha value is -1.79. The molecule has 7 nitrogen and oxygen atoms in total. The number of carbonyl (C=O) groups excluding carboxylic acids is 2. The lowest BCUT2D eigenvalue weighted by atomic mass is 9.85. The first-order valence-electron chi connectivity index (χ1n) is 6.79. The van der Waals surface area contributed by atoms with Gasteiger partial charge < -0.3 is 20.7 Å². The Morgan fingerprint density at radius 2 is 2.20 bits per heavy atom. The van der Waals surface area contributed by atoms with E-state index in [1.807, 2.05) is 27.7 Å². The van der Waals surface area contributed by atoms with Crippen LogP contribution in [0.3, 0.4) is 0 Å². The van der Waals surface area contributed by atoms with Crippen molar-refractivity contribution in [2.75, 3.05) is 6.54 Å². The summed E-state index contributed by atoms with van der Waals surface area (Å²) in [6.45, 7) is 7.72. The predicted octanol–water partition coefficient (Wildman–Crippen LogP) is 1.22. The first-order chi connectivity index (χ1) is 9.13. The second-order valence-corrected chi connectivity index (χ2v) is 6.51. The minimum atomic E-state index is -0.736. The summed E-state index contributed by atoms with van der Waals surface area (Å²) in [5.41, 5.74) is 4.57. The van der Waals surface area contributed by atoms with E-state index in [2.05, 4.69) is 10.3 Å². The first-order valence-corrected chi connectivity index (χ1v) is 6.79. The maximum absolute atomic E-state index is 12.3. The Labute approximate surface area is 118 Å². The SMILES string of the molecule is CC1CCC2(CN1C(=O)OC(C)(C)C)NC(=O)N=C2N. The summed E-state index contributed by atoms with van der Waals surface area (Å²) in [5, 5.41) is 2.77. The molecule has 7 heteroatoms. The van der Waals surface area contributed by atoms with Crippen LogP contribution in [0.1, 0.15) is 40.5 Å². The van der Waals surface area contributed by atoms with E-state index in [4.69, 9.17) is 10.5 Å². The lowest BCUT2D eigenvalue weighted by molar-refractivity contribution is 0.00560. The first kappa shape index (κ1) is 14.6. The van der Waals surface area contributed by atoms with E-state index in [1.54, 1.807) is 4.90 Å². The third-order valence-electron chi connectivity index (χ3n) is 3.65. The van der Waals surface area contributed by atoms with Gasteiger partial charge in [-0.1, -0.05) is 0 Å². The fraction of sp³-hybridized carbons (Fsp3) is 0.769. The van der Waals surface area contributed by atoms with Crippen LogP contribution >= 0.6 is 0 Å². The van der Waals surface area contributed by atoms with Gasteiger partial charge in [0.05, 0.1) is 6.54 Å². The maximum atomic E-state index is 12.3. The zero-order chi connectivity index (χ0) is 15.1. The molecule has 3 amide bonds. The van der Waals surface area contributed by atoms with Crippen LogP contribution in [0.15, 0.2) is 4.99 Å². The fourth-order valence-corrected chi connectivity index (χ4v) is 2.53. The molecule has 2 rings (SSSR count). The molecular formula is C13H22N4O3. The molecule has 0 saturated carbocycles. The monoisotopic (exact) mass is 282 g/mol. The highest BCUT2D eigenvalue weighted by atomic mass is 16.6. The van der Waals surface area contributed by atoms with Crippen molar-refractivity contribution >= 4 is 18.0 Å². The van der Waals surface area contributed by atoms with E-state index in [-0.39, 0.29) is 11.9 Å². The molecule has 1 spiro atoms. The third kappa shape index (κ3) is 2.71. The lowest BCUT2D eigenvalue weighted by Crippen LogP contribution is -2.64. The van der Waals surface area contributed by atoms with Gasteiger partial charge in [-0.3, -0.25) is 0 Å². The minimum absolute atomic E-state index is 0.0424. The van der Waals surface area contributed by atoms with Gasteiger partial charge in [-0.05, 0) is 40.5 Å². The number of nitrogens with two attached hydrogens (primary N) is 1. The molecule has 1 saturated heterocycles. The molecule has 112 valence electrons. The van der Waals surface area contributed by atoms with Gasteiger partial charge in [0.15, 0.2) is 0 Å². The smallest absolute Gasteiger partial charge is 0.410 e. The minimum Gasteiger partial charge on any atom is -0.444 e. The maximum Gasteiger partial charge on any atom is 0.410 e. The molecule has 20 heavy (non-hydrogen) atoms. The van der Waals surface area contributed by atoms with Crippen molar-refractivity contribution in [1.29, 1.82) is 0 Å². The van der Waals surface area contributed by atoms with Gasteiger partial charge in [-0.25, -0.2) is 9.59 Å². The Balaban J connectivity index is 2.16. The van der Waals surface area contributed by atoms with E-state index < -0.39 is 23.3 Å². The average molecular weight is 282 g/mol. The lowest BCUT2D eigenvalue weighted by Gasteiger charge is -2.43. The van der Waals surface area contributed by atoms with Gasteiger partial charge in [0.25, 0.3) is 0 Å². The molecule has 2 aliphatic heterocycles. The van der Waals surface area contributed by atoms with Crippen LogP contribution in [0.5, 0.6) is 0 Å². The van der Waals surface area contributed by atoms with Crippen molar-refractivity contribution in [2.24, 2.45) is 10.7 Å². The van der Waals surface area contributed by atoms with Gasteiger partial charge in [0, 0.05) is 6.04 Å². The van der Waals surface area contributed by atoms with E-state index >= 15 is 0 Å². The second-order valence-electron chi connectivity index (χ2n) is 6.51. The standard InChI is InChI=1S/C13H22N4O3/c1-8-5-6-13(9(14)15-10(18)16-13)7-17(8)11(19)20-12(2,3)4/h8H,5-7H2,1-4H3,(H3,14,15,16,18). The van der Waals surface area contributed by atoms with Crippen molar-refractivity contribution < 1.29 is 14.3 Å². The number of hydrogen-bond acceptors (Lipinski definition) is 4. The van der Waals surface area contributed by atoms with Gasteiger partial charge in [-0.15, -0.1) is 0 Å². The summed E-state index contributed by atoms with van der Waals surface area (Å²) in [7, 11) is 0. The van der Waals surface area contributed by atoms with Gasteiger partial charge in [-0.2, -0.15) is 4.99 Å². The van der Waals surface area contributed by atoms with Crippen LogP contribution in [0.4, 0.5) is 9.59 Å². The largest absolute Gasteiger partial charge is 0.444 e. The molecule has 0 aromatic heterocycles. The Morgan fingerprint density at radius 1 is 1.55 bits per heavy atom. The number of nitrogens with one attached hydrogen (secondary N) is 1. The number of carbonyl (C=O) groups is 2. The Kier molecular flexibility index (Phi) is 3.39. The molecule has 2 heterocycles. The average Bonchev–Trinajstić information content (AvgIpc) is 2.55. The summed E-state index contributed by atoms with van der Waals surface area (Å²) < 4.78 is 5.41. The molecule has 0 radical (unpaired) electrons. The normalized spacial score (nSPS) is 30.2. The molecular weight excluding hydrogens is 260 g/mol. The number of rotatable bonds is 0. The summed E-state index contributed by atoms with van der Waals surface area (Å²) >= 11 is 0. The van der Waals surface area contributed by atoms with Crippen LogP contribution in [0, 0.1) is 0 Å². The summed E-state index contributed by atoms with van der Waals surface area (Å²) in [6, 6.07) is -0.401. The van der Waals surface area contributed by atoms with Crippen LogP contribution in [0.2, 0.25) is 0 Å². The highest BCUT2D eigenvalue weighted by molar-refractivity contribution is 6.06. The number of aliphatic imine (C=N–C) groups is 1. The summed E-state index contributed by atoms with van der Waals surface area (Å²) in [4.78, 5) is 29.0. The third-order valence-corrected chi connectivity index (χ3v) is 3.65. The van der Waals surface area contributed by atoms with Crippen molar-refractivity contribution in [3.63, 3.8) is 0 Å². The molecule has 1 fully saturated rings. The number of hydrogen-bond donors (Lipinski definition) is 2. The van der Waals surface area contributed by atoms with Crippen molar-refractivity contribution in [3.05, 3.63) is 0 Å². The molecule has 3 N–H and O–H groups in total. The van der Waals surface area contributed by atoms with E-state index in [0.29, 0.717) is 13.0 Å². The number of ether oxygens (including phenoxy) is 1. The quantitative estimate of drug-likeness (QED) is 0.698. The molecule has 0 bridgehead atoms. The molecule has 2 unspecified atom stereocenters. The number of nitrogens with zero attached hydrogens (tertiary/aromatic N) is 2. The van der Waals surface area contributed by atoms with Gasteiger partial charge >= 0.3 is 12.1 Å². The van der Waals surface area contributed by atoms with Crippen LogP contribution in [0.25, 0.3) is 0 Å². The van der Waals surface area contributed by atoms with Crippen LogP contribution in [-0.4, -0.2) is 46.6 Å². The number of amidine groups is 1. The van der Waals surface area contributed by atoms with Crippen molar-refractivity contribution in [3.8, 4) is 0 Å². The van der Waals surface area contributed by atoms with Crippen LogP contribution in [-0.2, 0) is 4.74 Å². The van der Waals surface area contributed by atoms with Gasteiger partial charge in [0.1, 0.15) is 17.0 Å². The Bertz CT molecular complexity index is 469. The molecule has 2 atom stereocenters. The zero-order valence-electron chi connectivity index (χ0n) is 12.4. The van der Waals surface area contributed by atoms with Crippen molar-refractivity contribution in [2.45, 2.75) is 57.7 Å². The van der Waals surface area contributed by atoms with E-state index in [9.17, 15) is 9.59 Å². The fourth-order valence-electron chi connectivity index (χ4n) is 2.53. The van der Waals surface area contributed by atoms with E-state index in [1.165, 1.54) is 0 Å². The molecule has 0 aliphatic carbocycles. The second kappa shape index (κ2) is 4.64. The number of urea groups is 1. The van der Waals surface area contributed by atoms with Crippen molar-refractivity contribution in [1.82, 2.24) is 10.2 Å². The highest BCUT2D eigenvalue weighted by Crippen LogP contribution is 2.29. The number of piperidine rings is 1.